The minimum absolute atomic E-state index is 0.125. The number of benzene rings is 2. The standard InChI is InChI=1S/C21H18ClF3N4O2/c22-15-1-3-16(4-2-15)29-13-14(12-26-29)20(30)27-19-6-5-17(11-18(19)21(23,24)25)28-7-9-31-10-8-28/h1-6,11-13H,7-10H2,(H,27,30). The van der Waals surface area contributed by atoms with Crippen molar-refractivity contribution in [3.63, 3.8) is 0 Å². The van der Waals surface area contributed by atoms with E-state index in [1.165, 1.54) is 23.1 Å². The van der Waals surface area contributed by atoms with Crippen molar-refractivity contribution >= 4 is 28.9 Å². The van der Waals surface area contributed by atoms with Gasteiger partial charge in [-0.15, -0.1) is 0 Å². The highest BCUT2D eigenvalue weighted by Gasteiger charge is 2.35. The number of nitrogens with one attached hydrogen (secondary N) is 1. The molecule has 10 heteroatoms. The molecule has 1 aliphatic rings. The van der Waals surface area contributed by atoms with E-state index in [-0.39, 0.29) is 11.3 Å². The fraction of sp³-hybridized carbons (Fsp3) is 0.238. The maximum Gasteiger partial charge on any atom is 0.418 e. The molecule has 0 bridgehead atoms. The zero-order valence-corrected chi connectivity index (χ0v) is 17.0. The molecule has 0 radical (unpaired) electrons. The Morgan fingerprint density at radius 3 is 2.42 bits per heavy atom. The second kappa shape index (κ2) is 8.60. The van der Waals surface area contributed by atoms with Crippen LogP contribution >= 0.6 is 11.6 Å². The summed E-state index contributed by atoms with van der Waals surface area (Å²) in [7, 11) is 0. The van der Waals surface area contributed by atoms with Gasteiger partial charge in [-0.05, 0) is 42.5 Å². The molecule has 162 valence electrons. The van der Waals surface area contributed by atoms with Crippen molar-refractivity contribution in [1.82, 2.24) is 9.78 Å². The number of morpholine rings is 1. The van der Waals surface area contributed by atoms with Gasteiger partial charge in [0.25, 0.3) is 5.91 Å². The summed E-state index contributed by atoms with van der Waals surface area (Å²) in [6, 6.07) is 10.7. The van der Waals surface area contributed by atoms with E-state index in [1.54, 1.807) is 30.3 Å². The molecule has 1 fully saturated rings. The first-order valence-corrected chi connectivity index (χ1v) is 9.85. The zero-order chi connectivity index (χ0) is 22.0. The maximum atomic E-state index is 13.7. The normalized spacial score (nSPS) is 14.5. The fourth-order valence-electron chi connectivity index (χ4n) is 3.26. The van der Waals surface area contributed by atoms with Crippen molar-refractivity contribution < 1.29 is 22.7 Å². The van der Waals surface area contributed by atoms with E-state index in [0.717, 1.165) is 6.07 Å². The fourth-order valence-corrected chi connectivity index (χ4v) is 3.39. The molecule has 0 saturated carbocycles. The Hall–Kier alpha value is -3.04. The van der Waals surface area contributed by atoms with E-state index in [0.29, 0.717) is 42.7 Å². The second-order valence-electron chi connectivity index (χ2n) is 6.93. The van der Waals surface area contributed by atoms with Gasteiger partial charge in [0.15, 0.2) is 0 Å². The Morgan fingerprint density at radius 2 is 1.74 bits per heavy atom. The number of alkyl halides is 3. The number of anilines is 2. The Labute approximate surface area is 181 Å². The third-order valence-corrected chi connectivity index (χ3v) is 5.12. The third kappa shape index (κ3) is 4.83. The lowest BCUT2D eigenvalue weighted by Gasteiger charge is -2.29. The number of carbonyl (C=O) groups is 1. The molecule has 1 aliphatic heterocycles. The van der Waals surface area contributed by atoms with Crippen molar-refractivity contribution in [2.45, 2.75) is 6.18 Å². The number of nitrogens with zero attached hydrogens (tertiary/aromatic N) is 3. The largest absolute Gasteiger partial charge is 0.418 e. The summed E-state index contributed by atoms with van der Waals surface area (Å²) in [5.41, 5.74) is 0.00231. The van der Waals surface area contributed by atoms with Gasteiger partial charge in [-0.1, -0.05) is 11.6 Å². The average Bonchev–Trinajstić information content (AvgIpc) is 3.25. The van der Waals surface area contributed by atoms with E-state index in [1.807, 2.05) is 4.90 Å². The van der Waals surface area contributed by atoms with E-state index in [2.05, 4.69) is 10.4 Å². The maximum absolute atomic E-state index is 13.7. The molecule has 0 atom stereocenters. The average molecular weight is 451 g/mol. The highest BCUT2D eigenvalue weighted by atomic mass is 35.5. The SMILES string of the molecule is O=C(Nc1ccc(N2CCOCC2)cc1C(F)(F)F)c1cnn(-c2ccc(Cl)cc2)c1. The van der Waals surface area contributed by atoms with Crippen LogP contribution in [0.1, 0.15) is 15.9 Å². The van der Waals surface area contributed by atoms with Gasteiger partial charge in [0.2, 0.25) is 0 Å². The van der Waals surface area contributed by atoms with Crippen LogP contribution in [-0.4, -0.2) is 42.0 Å². The van der Waals surface area contributed by atoms with E-state index >= 15 is 0 Å². The van der Waals surface area contributed by atoms with Crippen LogP contribution in [0.2, 0.25) is 5.02 Å². The van der Waals surface area contributed by atoms with Gasteiger partial charge in [-0.2, -0.15) is 18.3 Å². The molecule has 0 unspecified atom stereocenters. The predicted molar refractivity (Wildman–Crippen MR) is 111 cm³/mol. The summed E-state index contributed by atoms with van der Waals surface area (Å²) in [6.07, 6.45) is -1.90. The molecule has 31 heavy (non-hydrogen) atoms. The van der Waals surface area contributed by atoms with Gasteiger partial charge < -0.3 is 15.0 Å². The van der Waals surface area contributed by atoms with Crippen molar-refractivity contribution in [2.24, 2.45) is 0 Å². The number of hydrogen-bond acceptors (Lipinski definition) is 4. The van der Waals surface area contributed by atoms with Gasteiger partial charge in [-0.25, -0.2) is 4.68 Å². The molecule has 0 aliphatic carbocycles. The molecule has 1 aromatic heterocycles. The molecular weight excluding hydrogens is 433 g/mol. The second-order valence-corrected chi connectivity index (χ2v) is 7.37. The molecule has 2 heterocycles. The van der Waals surface area contributed by atoms with Gasteiger partial charge in [0, 0.05) is 30.0 Å². The van der Waals surface area contributed by atoms with Gasteiger partial charge >= 0.3 is 6.18 Å². The van der Waals surface area contributed by atoms with E-state index in [9.17, 15) is 18.0 Å². The Bertz CT molecular complexity index is 1080. The lowest BCUT2D eigenvalue weighted by atomic mass is 10.1. The Morgan fingerprint density at radius 1 is 1.06 bits per heavy atom. The summed E-state index contributed by atoms with van der Waals surface area (Å²) in [6.45, 7) is 1.93. The molecular formula is C21H18ClF3N4O2. The van der Waals surface area contributed by atoms with Crippen LogP contribution in [0.4, 0.5) is 24.5 Å². The van der Waals surface area contributed by atoms with Gasteiger partial charge in [-0.3, -0.25) is 4.79 Å². The summed E-state index contributed by atoms with van der Waals surface area (Å²) < 4.78 is 47.7. The van der Waals surface area contributed by atoms with Crippen LogP contribution in [0.15, 0.2) is 54.9 Å². The molecule has 6 nitrogen and oxygen atoms in total. The van der Waals surface area contributed by atoms with Crippen LogP contribution in [0.25, 0.3) is 5.69 Å². The number of aromatic nitrogens is 2. The molecule has 1 N–H and O–H groups in total. The van der Waals surface area contributed by atoms with Crippen molar-refractivity contribution in [1.29, 1.82) is 0 Å². The van der Waals surface area contributed by atoms with Gasteiger partial charge in [0.05, 0.1) is 41.9 Å². The summed E-state index contributed by atoms with van der Waals surface area (Å²) in [4.78, 5) is 14.4. The number of carbonyl (C=O) groups excluding carboxylic acids is 1. The molecule has 4 rings (SSSR count). The summed E-state index contributed by atoms with van der Waals surface area (Å²) >= 11 is 5.86. The molecule has 0 spiro atoms. The van der Waals surface area contributed by atoms with Crippen LogP contribution in [-0.2, 0) is 10.9 Å². The van der Waals surface area contributed by atoms with Crippen molar-refractivity contribution in [3.8, 4) is 5.69 Å². The highest BCUT2D eigenvalue weighted by molar-refractivity contribution is 6.30. The van der Waals surface area contributed by atoms with Crippen LogP contribution in [0.3, 0.4) is 0 Å². The highest BCUT2D eigenvalue weighted by Crippen LogP contribution is 2.37. The molecule has 1 saturated heterocycles. The third-order valence-electron chi connectivity index (χ3n) is 4.87. The molecule has 1 amide bonds. The summed E-state index contributed by atoms with van der Waals surface area (Å²) in [5.74, 6) is -0.690. The first-order chi connectivity index (χ1) is 14.8. The molecule has 2 aromatic carbocycles. The Balaban J connectivity index is 1.56. The first kappa shape index (κ1) is 21.2. The number of halogens is 4. The van der Waals surface area contributed by atoms with Crippen LogP contribution in [0.5, 0.6) is 0 Å². The van der Waals surface area contributed by atoms with E-state index in [4.69, 9.17) is 16.3 Å². The minimum atomic E-state index is -4.63. The van der Waals surface area contributed by atoms with E-state index < -0.39 is 17.6 Å². The minimum Gasteiger partial charge on any atom is -0.378 e. The lowest BCUT2D eigenvalue weighted by Crippen LogP contribution is -2.36. The monoisotopic (exact) mass is 450 g/mol. The van der Waals surface area contributed by atoms with Crippen LogP contribution in [0, 0.1) is 0 Å². The number of amides is 1. The number of hydrogen-bond donors (Lipinski definition) is 1. The molecule has 3 aromatic rings. The number of ether oxygens (including phenoxy) is 1. The number of rotatable bonds is 4. The van der Waals surface area contributed by atoms with Crippen molar-refractivity contribution in [3.05, 3.63) is 71.0 Å². The van der Waals surface area contributed by atoms with Gasteiger partial charge in [0.1, 0.15) is 0 Å². The predicted octanol–water partition coefficient (Wildman–Crippen LogP) is 4.63. The Kier molecular flexibility index (Phi) is 5.88. The zero-order valence-electron chi connectivity index (χ0n) is 16.2. The van der Waals surface area contributed by atoms with Crippen LogP contribution < -0.4 is 10.2 Å². The first-order valence-electron chi connectivity index (χ1n) is 9.47. The smallest absolute Gasteiger partial charge is 0.378 e. The van der Waals surface area contributed by atoms with Crippen molar-refractivity contribution in [2.75, 3.05) is 36.5 Å². The quantitative estimate of drug-likeness (QED) is 0.629. The topological polar surface area (TPSA) is 59.4 Å². The lowest BCUT2D eigenvalue weighted by molar-refractivity contribution is -0.136. The summed E-state index contributed by atoms with van der Waals surface area (Å²) in [5, 5.41) is 7.01.